The van der Waals surface area contributed by atoms with Gasteiger partial charge in [-0.05, 0) is 26.3 Å². The molecule has 0 bridgehead atoms. The van der Waals surface area contributed by atoms with Gasteiger partial charge in [-0.1, -0.05) is 6.92 Å². The zero-order valence-corrected chi connectivity index (χ0v) is 12.7. The topological polar surface area (TPSA) is 96.1 Å². The normalized spacial score (nSPS) is 17.5. The van der Waals surface area contributed by atoms with Gasteiger partial charge in [-0.25, -0.2) is 13.1 Å². The smallest absolute Gasteiger partial charge is 0.244 e. The Bertz CT molecular complexity index is 535. The quantitative estimate of drug-likeness (QED) is 0.701. The molecule has 20 heavy (non-hydrogen) atoms. The number of nitrogens with one attached hydrogen (secondary N) is 3. The number of nitrogens with zero attached hydrogens (tertiary/aromatic N) is 1. The second-order valence-corrected chi connectivity index (χ2v) is 6.56. The van der Waals surface area contributed by atoms with Crippen molar-refractivity contribution in [3.8, 4) is 0 Å². The molecule has 1 aromatic rings. The molecule has 0 saturated carbocycles. The minimum Gasteiger partial charge on any atom is -0.381 e. The predicted molar refractivity (Wildman–Crippen MR) is 74.9 cm³/mol. The Morgan fingerprint density at radius 3 is 2.75 bits per heavy atom. The number of H-pyrrole nitrogens is 1. The van der Waals surface area contributed by atoms with Crippen LogP contribution in [0, 0.1) is 6.92 Å². The maximum atomic E-state index is 12.5. The van der Waals surface area contributed by atoms with Gasteiger partial charge in [-0.2, -0.15) is 5.10 Å². The van der Waals surface area contributed by atoms with E-state index in [0.29, 0.717) is 44.0 Å². The maximum absolute atomic E-state index is 12.5. The molecular formula is C12H22N4O3S. The average Bonchev–Trinajstić information content (AvgIpc) is 2.79. The summed E-state index contributed by atoms with van der Waals surface area (Å²) in [5.41, 5.74) is 1.10. The molecule has 0 atom stereocenters. The lowest BCUT2D eigenvalue weighted by Crippen LogP contribution is -2.39. The lowest BCUT2D eigenvalue weighted by Gasteiger charge is -2.23. The zero-order valence-electron chi connectivity index (χ0n) is 11.9. The first-order valence-electron chi connectivity index (χ1n) is 6.89. The monoisotopic (exact) mass is 302 g/mol. The van der Waals surface area contributed by atoms with Crippen LogP contribution in [-0.4, -0.2) is 44.4 Å². The van der Waals surface area contributed by atoms with E-state index in [-0.39, 0.29) is 10.9 Å². The second-order valence-electron chi connectivity index (χ2n) is 4.91. The van der Waals surface area contributed by atoms with E-state index in [4.69, 9.17) is 4.74 Å². The number of hydrogen-bond acceptors (Lipinski definition) is 5. The molecule has 1 aliphatic heterocycles. The Kier molecular flexibility index (Phi) is 5.14. The first kappa shape index (κ1) is 15.4. The Balaban J connectivity index is 2.17. The van der Waals surface area contributed by atoms with Gasteiger partial charge in [-0.3, -0.25) is 5.10 Å². The van der Waals surface area contributed by atoms with Crippen LogP contribution in [0.2, 0.25) is 0 Å². The molecule has 1 fully saturated rings. The average molecular weight is 302 g/mol. The van der Waals surface area contributed by atoms with Gasteiger partial charge in [0.05, 0.1) is 11.4 Å². The largest absolute Gasteiger partial charge is 0.381 e. The van der Waals surface area contributed by atoms with Crippen molar-refractivity contribution in [2.75, 3.05) is 19.8 Å². The SMILES string of the molecule is CCNCc1n[nH]c(C)c1S(=O)(=O)NC1CCOCC1. The van der Waals surface area contributed by atoms with Gasteiger partial charge in [0.1, 0.15) is 4.90 Å². The molecule has 8 heteroatoms. The van der Waals surface area contributed by atoms with Crippen molar-refractivity contribution < 1.29 is 13.2 Å². The highest BCUT2D eigenvalue weighted by molar-refractivity contribution is 7.89. The van der Waals surface area contributed by atoms with Crippen LogP contribution < -0.4 is 10.0 Å². The van der Waals surface area contributed by atoms with Crippen LogP contribution in [0.1, 0.15) is 31.2 Å². The van der Waals surface area contributed by atoms with E-state index in [0.717, 1.165) is 6.54 Å². The summed E-state index contributed by atoms with van der Waals surface area (Å²) < 4.78 is 33.1. The van der Waals surface area contributed by atoms with Crippen molar-refractivity contribution in [1.82, 2.24) is 20.2 Å². The summed E-state index contributed by atoms with van der Waals surface area (Å²) in [6, 6.07) is -0.0602. The first-order chi connectivity index (χ1) is 9.54. The molecule has 0 amide bonds. The van der Waals surface area contributed by atoms with Crippen LogP contribution in [0.3, 0.4) is 0 Å². The molecule has 114 valence electrons. The second kappa shape index (κ2) is 6.66. The number of sulfonamides is 1. The van der Waals surface area contributed by atoms with E-state index in [9.17, 15) is 8.42 Å². The molecule has 1 aromatic heterocycles. The summed E-state index contributed by atoms with van der Waals surface area (Å²) in [5.74, 6) is 0. The lowest BCUT2D eigenvalue weighted by atomic mass is 10.1. The molecule has 0 radical (unpaired) electrons. The molecule has 1 saturated heterocycles. The van der Waals surface area contributed by atoms with E-state index >= 15 is 0 Å². The molecule has 0 aromatic carbocycles. The number of aromatic amines is 1. The van der Waals surface area contributed by atoms with E-state index < -0.39 is 10.0 Å². The van der Waals surface area contributed by atoms with Crippen LogP contribution in [0.4, 0.5) is 0 Å². The highest BCUT2D eigenvalue weighted by Gasteiger charge is 2.27. The predicted octanol–water partition coefficient (Wildman–Crippen LogP) is 0.285. The first-order valence-corrected chi connectivity index (χ1v) is 8.37. The van der Waals surface area contributed by atoms with E-state index in [1.807, 2.05) is 6.92 Å². The minimum atomic E-state index is -3.55. The molecule has 0 spiro atoms. The third-order valence-electron chi connectivity index (χ3n) is 3.32. The summed E-state index contributed by atoms with van der Waals surface area (Å²) in [6.45, 7) is 6.09. The summed E-state index contributed by atoms with van der Waals surface area (Å²) in [5, 5.41) is 9.94. The highest BCUT2D eigenvalue weighted by Crippen LogP contribution is 2.19. The van der Waals surface area contributed by atoms with E-state index in [2.05, 4.69) is 20.2 Å². The van der Waals surface area contributed by atoms with Gasteiger partial charge < -0.3 is 10.1 Å². The van der Waals surface area contributed by atoms with Crippen LogP contribution in [0.15, 0.2) is 4.90 Å². The van der Waals surface area contributed by atoms with Crippen LogP contribution >= 0.6 is 0 Å². The molecule has 2 heterocycles. The third kappa shape index (κ3) is 3.57. The van der Waals surface area contributed by atoms with Crippen molar-refractivity contribution in [3.05, 3.63) is 11.4 Å². The van der Waals surface area contributed by atoms with Crippen LogP contribution in [-0.2, 0) is 21.3 Å². The number of hydrogen-bond donors (Lipinski definition) is 3. The molecule has 3 N–H and O–H groups in total. The molecule has 1 aliphatic rings. The standard InChI is InChI=1S/C12H22N4O3S/c1-3-13-8-11-12(9(2)14-15-11)20(17,18)16-10-4-6-19-7-5-10/h10,13,16H,3-8H2,1-2H3,(H,14,15). The summed E-state index contributed by atoms with van der Waals surface area (Å²) in [4.78, 5) is 0.268. The summed E-state index contributed by atoms with van der Waals surface area (Å²) >= 11 is 0. The molecule has 0 unspecified atom stereocenters. The van der Waals surface area contributed by atoms with Gasteiger partial charge in [0.2, 0.25) is 10.0 Å². The fraction of sp³-hybridized carbons (Fsp3) is 0.750. The molecule has 7 nitrogen and oxygen atoms in total. The van der Waals surface area contributed by atoms with Gasteiger partial charge in [-0.15, -0.1) is 0 Å². The zero-order chi connectivity index (χ0) is 14.6. The van der Waals surface area contributed by atoms with Crippen LogP contribution in [0.25, 0.3) is 0 Å². The van der Waals surface area contributed by atoms with Crippen molar-refractivity contribution >= 4 is 10.0 Å². The fourth-order valence-corrected chi connectivity index (χ4v) is 3.95. The minimum absolute atomic E-state index is 0.0602. The number of rotatable bonds is 6. The highest BCUT2D eigenvalue weighted by atomic mass is 32.2. The lowest BCUT2D eigenvalue weighted by molar-refractivity contribution is 0.0832. The summed E-state index contributed by atoms with van der Waals surface area (Å²) in [7, 11) is -3.55. The molecule has 0 aliphatic carbocycles. The number of aromatic nitrogens is 2. The third-order valence-corrected chi connectivity index (χ3v) is 5.04. The van der Waals surface area contributed by atoms with Gasteiger partial charge >= 0.3 is 0 Å². The van der Waals surface area contributed by atoms with Crippen molar-refractivity contribution in [2.24, 2.45) is 0 Å². The van der Waals surface area contributed by atoms with Crippen LogP contribution in [0.5, 0.6) is 0 Å². The number of aryl methyl sites for hydroxylation is 1. The van der Waals surface area contributed by atoms with Crippen molar-refractivity contribution in [1.29, 1.82) is 0 Å². The van der Waals surface area contributed by atoms with Crippen molar-refractivity contribution in [2.45, 2.75) is 44.2 Å². The van der Waals surface area contributed by atoms with Gasteiger partial charge in [0.15, 0.2) is 0 Å². The Labute approximate surface area is 119 Å². The molecular weight excluding hydrogens is 280 g/mol. The Morgan fingerprint density at radius 1 is 1.40 bits per heavy atom. The van der Waals surface area contributed by atoms with E-state index in [1.54, 1.807) is 6.92 Å². The van der Waals surface area contributed by atoms with E-state index in [1.165, 1.54) is 0 Å². The molecule has 2 rings (SSSR count). The Hall–Kier alpha value is -0.960. The fourth-order valence-electron chi connectivity index (χ4n) is 2.28. The number of ether oxygens (including phenoxy) is 1. The Morgan fingerprint density at radius 2 is 2.10 bits per heavy atom. The summed E-state index contributed by atoms with van der Waals surface area (Å²) in [6.07, 6.45) is 1.41. The van der Waals surface area contributed by atoms with Gasteiger partial charge in [0.25, 0.3) is 0 Å². The van der Waals surface area contributed by atoms with Crippen molar-refractivity contribution in [3.63, 3.8) is 0 Å². The maximum Gasteiger partial charge on any atom is 0.244 e. The van der Waals surface area contributed by atoms with Gasteiger partial charge in [0, 0.05) is 25.8 Å².